The molecule has 9 heteroatoms. The molecule has 1 aliphatic rings. The van der Waals surface area contributed by atoms with Crippen LogP contribution in [0.25, 0.3) is 11.0 Å². The molecule has 234 valence electrons. The third-order valence-corrected chi connectivity index (χ3v) is 14.1. The number of nitrogens with zero attached hydrogens (tertiary/aromatic N) is 5. The highest BCUT2D eigenvalue weighted by Crippen LogP contribution is 2.38. The number of benzene rings is 3. The molecule has 1 aliphatic heterocycles. The Kier molecular flexibility index (Phi) is 8.77. The maximum Gasteiger partial charge on any atom is 0.261 e. The maximum absolute atomic E-state index is 7.30. The van der Waals surface area contributed by atoms with Gasteiger partial charge < -0.3 is 19.4 Å². The van der Waals surface area contributed by atoms with Gasteiger partial charge in [-0.2, -0.15) is 10.1 Å². The van der Waals surface area contributed by atoms with E-state index in [4.69, 9.17) is 14.1 Å². The fourth-order valence-corrected chi connectivity index (χ4v) is 11.3. The van der Waals surface area contributed by atoms with E-state index in [0.717, 1.165) is 48.4 Å². The Hall–Kier alpha value is -4.05. The van der Waals surface area contributed by atoms with Crippen molar-refractivity contribution >= 4 is 41.4 Å². The summed E-state index contributed by atoms with van der Waals surface area (Å²) in [6.07, 6.45) is 5.47. The number of hydrogen-bond acceptors (Lipinski definition) is 7. The van der Waals surface area contributed by atoms with Gasteiger partial charge >= 0.3 is 0 Å². The molecule has 0 amide bonds. The molecule has 0 spiro atoms. The Bertz CT molecular complexity index is 1710. The van der Waals surface area contributed by atoms with Crippen LogP contribution in [-0.4, -0.2) is 59.8 Å². The number of fused-ring (bicyclic) bond motifs is 2. The molecule has 0 radical (unpaired) electrons. The first kappa shape index (κ1) is 31.0. The molecule has 1 atom stereocenters. The molecule has 0 saturated heterocycles. The number of nitrogens with one attached hydrogen (secondary N) is 1. The number of rotatable bonds is 10. The fraction of sp³-hybridized carbons (Fsp3) is 0.361. The molecular weight excluding hydrogens is 577 g/mol. The van der Waals surface area contributed by atoms with E-state index in [1.54, 1.807) is 7.11 Å². The largest absolute Gasteiger partial charge is 0.495 e. The normalized spacial score (nSPS) is 14.7. The fourth-order valence-electron chi connectivity index (χ4n) is 6.56. The topological polar surface area (TPSA) is 77.3 Å². The van der Waals surface area contributed by atoms with Crippen molar-refractivity contribution in [2.75, 3.05) is 26.0 Å². The van der Waals surface area contributed by atoms with Crippen molar-refractivity contribution in [1.29, 1.82) is 0 Å². The van der Waals surface area contributed by atoms with Gasteiger partial charge in [0.1, 0.15) is 5.75 Å². The Labute approximate surface area is 267 Å². The first-order chi connectivity index (χ1) is 21.7. The van der Waals surface area contributed by atoms with E-state index in [1.807, 2.05) is 17.1 Å². The zero-order chi connectivity index (χ0) is 31.6. The predicted molar refractivity (Wildman–Crippen MR) is 184 cm³/mol. The molecule has 0 saturated carbocycles. The average molecular weight is 621 g/mol. The average Bonchev–Trinajstić information content (AvgIpc) is 3.44. The first-order valence-electron chi connectivity index (χ1n) is 15.8. The number of likely N-dealkylation sites (N-methyl/N-ethyl adjacent to an activating group) is 1. The van der Waals surface area contributed by atoms with Crippen LogP contribution in [-0.2, 0) is 23.9 Å². The van der Waals surface area contributed by atoms with Crippen LogP contribution in [0.1, 0.15) is 45.2 Å². The van der Waals surface area contributed by atoms with Gasteiger partial charge in [0.15, 0.2) is 5.65 Å². The molecule has 8 nitrogen and oxygen atoms in total. The lowest BCUT2D eigenvalue weighted by Crippen LogP contribution is -2.67. The van der Waals surface area contributed by atoms with Gasteiger partial charge in [-0.3, -0.25) is 0 Å². The van der Waals surface area contributed by atoms with Gasteiger partial charge in [0.05, 0.1) is 24.4 Å². The summed E-state index contributed by atoms with van der Waals surface area (Å²) in [6.45, 7) is 11.8. The number of aryl methyl sites for hydroxylation is 1. The highest BCUT2D eigenvalue weighted by Gasteiger charge is 2.50. The number of aromatic nitrogens is 4. The summed E-state index contributed by atoms with van der Waals surface area (Å²) >= 11 is 0. The molecule has 3 heterocycles. The van der Waals surface area contributed by atoms with E-state index in [2.05, 4.69) is 128 Å². The maximum atomic E-state index is 7.30. The Morgan fingerprint density at radius 2 is 1.64 bits per heavy atom. The molecule has 3 aromatic carbocycles. The zero-order valence-electron chi connectivity index (χ0n) is 27.2. The standard InChI is InChI=1S/C36H44N6O2Si/c1-26(44-45(36(2,3)4,30-13-9-7-10-14-30)31-15-11-8-12-16-31)17-20-42-34-29(24-38-42)23-37-35(40-34)39-32-21-28-25-41(5)19-18-27(28)22-33(32)43-6/h7-16,21-24,26H,17-20,25H2,1-6H3,(H,37,39,40). The summed E-state index contributed by atoms with van der Waals surface area (Å²) in [7, 11) is 1.21. The van der Waals surface area contributed by atoms with Gasteiger partial charge in [-0.1, -0.05) is 81.4 Å². The number of hydrogen-bond donors (Lipinski definition) is 1. The van der Waals surface area contributed by atoms with E-state index in [9.17, 15) is 0 Å². The third-order valence-electron chi connectivity index (χ3n) is 8.89. The molecule has 6 rings (SSSR count). The minimum Gasteiger partial charge on any atom is -0.495 e. The zero-order valence-corrected chi connectivity index (χ0v) is 28.2. The number of anilines is 2. The predicted octanol–water partition coefficient (Wildman–Crippen LogP) is 5.92. The molecule has 1 N–H and O–H groups in total. The minimum absolute atomic E-state index is 0.00660. The van der Waals surface area contributed by atoms with Gasteiger partial charge in [-0.05, 0) is 65.5 Å². The lowest BCUT2D eigenvalue weighted by Gasteiger charge is -2.44. The van der Waals surface area contributed by atoms with Crippen LogP contribution >= 0.6 is 0 Å². The molecule has 5 aromatic rings. The van der Waals surface area contributed by atoms with Crippen LogP contribution < -0.4 is 20.4 Å². The monoisotopic (exact) mass is 620 g/mol. The van der Waals surface area contributed by atoms with Crippen LogP contribution in [0.2, 0.25) is 5.04 Å². The van der Waals surface area contributed by atoms with Gasteiger partial charge in [-0.25, -0.2) is 9.67 Å². The summed E-state index contributed by atoms with van der Waals surface area (Å²) in [6, 6.07) is 25.9. The van der Waals surface area contributed by atoms with Crippen molar-refractivity contribution in [2.24, 2.45) is 0 Å². The van der Waals surface area contributed by atoms with Crippen molar-refractivity contribution in [2.45, 2.75) is 64.8 Å². The van der Waals surface area contributed by atoms with Gasteiger partial charge in [0, 0.05) is 31.9 Å². The second-order valence-electron chi connectivity index (χ2n) is 13.2. The van der Waals surface area contributed by atoms with Crippen LogP contribution in [0.15, 0.2) is 85.2 Å². The first-order valence-corrected chi connectivity index (χ1v) is 17.7. The second kappa shape index (κ2) is 12.7. The summed E-state index contributed by atoms with van der Waals surface area (Å²) in [5.74, 6) is 1.31. The second-order valence-corrected chi connectivity index (χ2v) is 17.4. The molecular formula is C36H44N6O2Si. The highest BCUT2D eigenvalue weighted by molar-refractivity contribution is 6.99. The van der Waals surface area contributed by atoms with Crippen molar-refractivity contribution < 1.29 is 9.16 Å². The summed E-state index contributed by atoms with van der Waals surface area (Å²) < 4.78 is 15.0. The Balaban J connectivity index is 1.24. The molecule has 2 aromatic heterocycles. The molecule has 0 fully saturated rings. The van der Waals surface area contributed by atoms with E-state index in [-0.39, 0.29) is 11.1 Å². The van der Waals surface area contributed by atoms with Crippen LogP contribution in [0, 0.1) is 0 Å². The summed E-state index contributed by atoms with van der Waals surface area (Å²) in [5.41, 5.74) is 4.29. The Morgan fingerprint density at radius 1 is 0.956 bits per heavy atom. The summed E-state index contributed by atoms with van der Waals surface area (Å²) in [5, 5.41) is 11.5. The highest BCUT2D eigenvalue weighted by atomic mass is 28.4. The van der Waals surface area contributed by atoms with Crippen molar-refractivity contribution in [1.82, 2.24) is 24.6 Å². The molecule has 45 heavy (non-hydrogen) atoms. The molecule has 0 aliphatic carbocycles. The third kappa shape index (κ3) is 6.25. The van der Waals surface area contributed by atoms with E-state index < -0.39 is 8.32 Å². The number of methoxy groups -OCH3 is 1. The number of ether oxygens (including phenoxy) is 1. The van der Waals surface area contributed by atoms with Crippen LogP contribution in [0.4, 0.5) is 11.6 Å². The quantitative estimate of drug-likeness (QED) is 0.194. The van der Waals surface area contributed by atoms with Crippen LogP contribution in [0.3, 0.4) is 0 Å². The van der Waals surface area contributed by atoms with E-state index >= 15 is 0 Å². The SMILES string of the molecule is COc1cc2c(cc1Nc1ncc3cnn(CCC(C)O[Si](c4ccccc4)(c4ccccc4)C(C)(C)C)c3n1)CN(C)CC2. The van der Waals surface area contributed by atoms with E-state index in [0.29, 0.717) is 12.5 Å². The van der Waals surface area contributed by atoms with Gasteiger partial charge in [0.2, 0.25) is 5.95 Å². The van der Waals surface area contributed by atoms with Crippen molar-refractivity contribution in [3.8, 4) is 5.75 Å². The van der Waals surface area contributed by atoms with Crippen LogP contribution in [0.5, 0.6) is 5.75 Å². The van der Waals surface area contributed by atoms with Crippen molar-refractivity contribution in [3.63, 3.8) is 0 Å². The lowest BCUT2D eigenvalue weighted by atomic mass is 9.99. The van der Waals surface area contributed by atoms with Crippen molar-refractivity contribution in [3.05, 3.63) is 96.3 Å². The van der Waals surface area contributed by atoms with Gasteiger partial charge in [0.25, 0.3) is 8.32 Å². The van der Waals surface area contributed by atoms with E-state index in [1.165, 1.54) is 21.5 Å². The van der Waals surface area contributed by atoms with Gasteiger partial charge in [-0.15, -0.1) is 0 Å². The molecule has 1 unspecified atom stereocenters. The summed E-state index contributed by atoms with van der Waals surface area (Å²) in [4.78, 5) is 11.8. The lowest BCUT2D eigenvalue weighted by molar-refractivity contribution is 0.188. The minimum atomic E-state index is -2.64. The Morgan fingerprint density at radius 3 is 2.29 bits per heavy atom. The molecule has 0 bridgehead atoms. The smallest absolute Gasteiger partial charge is 0.261 e.